The van der Waals surface area contributed by atoms with Crippen LogP contribution in [0, 0.1) is 24.2 Å². The van der Waals surface area contributed by atoms with Gasteiger partial charge in [-0.15, -0.1) is 6.42 Å². The van der Waals surface area contributed by atoms with Gasteiger partial charge in [0, 0.05) is 44.0 Å². The molecule has 166 valence electrons. The molecule has 0 amide bonds. The second-order valence-electron chi connectivity index (χ2n) is 7.63. The van der Waals surface area contributed by atoms with E-state index in [9.17, 15) is 4.79 Å². The minimum absolute atomic E-state index is 0.194. The Balaban J connectivity index is 2.05. The molecule has 0 aliphatic carbocycles. The Hall–Kier alpha value is -3.54. The van der Waals surface area contributed by atoms with Gasteiger partial charge in [-0.2, -0.15) is 5.10 Å². The van der Waals surface area contributed by atoms with Crippen LogP contribution in [-0.4, -0.2) is 41.1 Å². The molecule has 1 aromatic carbocycles. The third kappa shape index (κ3) is 7.30. The molecule has 0 saturated carbocycles. The molecule has 0 aliphatic rings. The van der Waals surface area contributed by atoms with E-state index in [0.29, 0.717) is 13.0 Å². The monoisotopic (exact) mass is 428 g/mol. The van der Waals surface area contributed by atoms with Gasteiger partial charge in [-0.1, -0.05) is 49.1 Å². The Morgan fingerprint density at radius 2 is 2.25 bits per heavy atom. The van der Waals surface area contributed by atoms with Crippen LogP contribution in [0.1, 0.15) is 47.9 Å². The lowest BCUT2D eigenvalue weighted by Crippen LogP contribution is -2.33. The molecule has 5 nitrogen and oxygen atoms in total. The summed E-state index contributed by atoms with van der Waals surface area (Å²) in [5.41, 5.74) is 4.80. The van der Waals surface area contributed by atoms with E-state index in [4.69, 9.17) is 6.42 Å². The van der Waals surface area contributed by atoms with Gasteiger partial charge < -0.3 is 10.1 Å². The van der Waals surface area contributed by atoms with E-state index < -0.39 is 0 Å². The number of carbonyl (C=O) groups excluding carboxylic acids is 1. The van der Waals surface area contributed by atoms with Crippen LogP contribution in [-0.2, 0) is 17.9 Å². The van der Waals surface area contributed by atoms with E-state index in [1.165, 1.54) is 0 Å². The molecule has 0 aliphatic heterocycles. The summed E-state index contributed by atoms with van der Waals surface area (Å²) in [7, 11) is 3.81. The number of likely N-dealkylation sites (N-methyl/N-ethyl adjacent to an activating group) is 1. The lowest BCUT2D eigenvalue weighted by atomic mass is 9.99. The van der Waals surface area contributed by atoms with Crippen LogP contribution in [0.15, 0.2) is 49.4 Å². The fourth-order valence-electron chi connectivity index (χ4n) is 3.34. The Morgan fingerprint density at radius 1 is 1.44 bits per heavy atom. The summed E-state index contributed by atoms with van der Waals surface area (Å²) >= 11 is 0. The second-order valence-corrected chi connectivity index (χ2v) is 7.63. The third-order valence-corrected chi connectivity index (χ3v) is 5.37. The molecule has 0 fully saturated rings. The maximum absolute atomic E-state index is 11.7. The van der Waals surface area contributed by atoms with Gasteiger partial charge in [0.1, 0.15) is 6.29 Å². The number of nitrogens with one attached hydrogen (secondary N) is 1. The number of unbranched alkanes of at least 4 members (excludes halogenated alkanes) is 1. The van der Waals surface area contributed by atoms with E-state index in [1.54, 1.807) is 6.20 Å². The number of aromatic nitrogens is 2. The number of nitrogens with zero attached hydrogens (tertiary/aromatic N) is 3. The zero-order valence-corrected chi connectivity index (χ0v) is 19.1. The number of aldehydes is 1. The average molecular weight is 429 g/mol. The van der Waals surface area contributed by atoms with Crippen molar-refractivity contribution in [1.82, 2.24) is 20.0 Å². The fourth-order valence-corrected chi connectivity index (χ4v) is 3.34. The molecule has 1 N–H and O–H groups in total. The molecular weight excluding hydrogens is 396 g/mol. The summed E-state index contributed by atoms with van der Waals surface area (Å²) < 4.78 is 1.85. The quantitative estimate of drug-likeness (QED) is 0.317. The third-order valence-electron chi connectivity index (χ3n) is 5.37. The molecule has 0 spiro atoms. The van der Waals surface area contributed by atoms with Crippen LogP contribution in [0.3, 0.4) is 0 Å². The average Bonchev–Trinajstić information content (AvgIpc) is 3.27. The van der Waals surface area contributed by atoms with Crippen molar-refractivity contribution in [3.8, 4) is 24.2 Å². The Labute approximate surface area is 192 Å². The summed E-state index contributed by atoms with van der Waals surface area (Å²) in [4.78, 5) is 13.8. The molecule has 0 bridgehead atoms. The van der Waals surface area contributed by atoms with Gasteiger partial charge in [0.05, 0.1) is 17.8 Å². The number of hydrogen-bond donors (Lipinski definition) is 1. The molecule has 1 heterocycles. The summed E-state index contributed by atoms with van der Waals surface area (Å²) in [5, 5.41) is 7.27. The van der Waals surface area contributed by atoms with Gasteiger partial charge in [0.25, 0.3) is 0 Å². The second kappa shape index (κ2) is 13.0. The molecule has 32 heavy (non-hydrogen) atoms. The first-order chi connectivity index (χ1) is 15.5. The molecule has 0 saturated heterocycles. The minimum Gasteiger partial charge on any atom is -0.392 e. The van der Waals surface area contributed by atoms with Crippen LogP contribution in [0.5, 0.6) is 0 Å². The summed E-state index contributed by atoms with van der Waals surface area (Å²) in [5.74, 6) is 9.17. The number of aryl methyl sites for hydroxylation is 1. The lowest BCUT2D eigenvalue weighted by molar-refractivity contribution is -0.112. The first-order valence-electron chi connectivity index (χ1n) is 10.8. The van der Waals surface area contributed by atoms with E-state index in [-0.39, 0.29) is 6.04 Å². The number of allylic oxidation sites excluding steroid dienone is 1. The zero-order chi connectivity index (χ0) is 23.3. The van der Waals surface area contributed by atoms with Gasteiger partial charge in [-0.3, -0.25) is 9.58 Å². The molecule has 2 aromatic rings. The highest BCUT2D eigenvalue weighted by Crippen LogP contribution is 2.20. The van der Waals surface area contributed by atoms with E-state index in [0.717, 1.165) is 60.0 Å². The predicted octanol–water partition coefficient (Wildman–Crippen LogP) is 3.85. The van der Waals surface area contributed by atoms with Crippen molar-refractivity contribution in [3.05, 3.63) is 71.7 Å². The number of hydrogen-bond acceptors (Lipinski definition) is 4. The van der Waals surface area contributed by atoms with E-state index in [2.05, 4.69) is 46.2 Å². The molecule has 2 rings (SSSR count). The molecule has 1 aromatic heterocycles. The van der Waals surface area contributed by atoms with Crippen molar-refractivity contribution in [2.45, 2.75) is 44.8 Å². The SMILES string of the molecule is C#Cc1cnn(CCCC#Cc2cccc(C=C)c2CN(C)C(C=O)CCC(=C)NC)c1. The van der Waals surface area contributed by atoms with Gasteiger partial charge in [0.15, 0.2) is 0 Å². The predicted molar refractivity (Wildman–Crippen MR) is 132 cm³/mol. The summed E-state index contributed by atoms with van der Waals surface area (Å²) in [6.45, 7) is 9.29. The number of rotatable bonds is 12. The van der Waals surface area contributed by atoms with Crippen LogP contribution < -0.4 is 5.32 Å². The standard InChI is InChI=1S/C27H32N4O/c1-6-23-18-29-31(19-23)17-10-8-9-12-25-14-11-13-24(7-2)27(25)20-30(5)26(21-32)16-15-22(3)28-4/h1,7,11,13-14,18-19,21,26,28H,2-3,8,10,15-17,20H2,4-5H3. The molecule has 5 heteroatoms. The van der Waals surface area contributed by atoms with Crippen molar-refractivity contribution < 1.29 is 4.79 Å². The number of benzene rings is 1. The first-order valence-corrected chi connectivity index (χ1v) is 10.8. The minimum atomic E-state index is -0.194. The largest absolute Gasteiger partial charge is 0.392 e. The van der Waals surface area contributed by atoms with Crippen molar-refractivity contribution >= 4 is 12.4 Å². The van der Waals surface area contributed by atoms with Gasteiger partial charge in [-0.05, 0) is 43.5 Å². The summed E-state index contributed by atoms with van der Waals surface area (Å²) in [6.07, 6.45) is 14.9. The fraction of sp³-hybridized carbons (Fsp3) is 0.333. The highest BCUT2D eigenvalue weighted by Gasteiger charge is 2.17. The molecule has 0 radical (unpaired) electrons. The lowest BCUT2D eigenvalue weighted by Gasteiger charge is -2.25. The molecule has 1 unspecified atom stereocenters. The van der Waals surface area contributed by atoms with Crippen molar-refractivity contribution in [3.63, 3.8) is 0 Å². The maximum Gasteiger partial charge on any atom is 0.137 e. The number of terminal acetylenes is 1. The Bertz CT molecular complexity index is 1030. The van der Waals surface area contributed by atoms with Crippen LogP contribution in [0.4, 0.5) is 0 Å². The van der Waals surface area contributed by atoms with E-state index in [1.807, 2.05) is 49.2 Å². The molecular formula is C27H32N4O. The number of carbonyl (C=O) groups is 1. The first kappa shape index (κ1) is 24.7. The Morgan fingerprint density at radius 3 is 2.91 bits per heavy atom. The van der Waals surface area contributed by atoms with Crippen LogP contribution in [0.2, 0.25) is 0 Å². The summed E-state index contributed by atoms with van der Waals surface area (Å²) in [6, 6.07) is 5.85. The topological polar surface area (TPSA) is 50.2 Å². The van der Waals surface area contributed by atoms with E-state index >= 15 is 0 Å². The van der Waals surface area contributed by atoms with Gasteiger partial charge in [-0.25, -0.2) is 0 Å². The van der Waals surface area contributed by atoms with Crippen LogP contribution >= 0.6 is 0 Å². The van der Waals surface area contributed by atoms with Crippen molar-refractivity contribution in [2.75, 3.05) is 14.1 Å². The normalized spacial score (nSPS) is 11.2. The van der Waals surface area contributed by atoms with Gasteiger partial charge in [0.2, 0.25) is 0 Å². The molecule has 1 atom stereocenters. The van der Waals surface area contributed by atoms with Crippen molar-refractivity contribution in [1.29, 1.82) is 0 Å². The highest BCUT2D eigenvalue weighted by atomic mass is 16.1. The van der Waals surface area contributed by atoms with Crippen molar-refractivity contribution in [2.24, 2.45) is 0 Å². The highest BCUT2D eigenvalue weighted by molar-refractivity contribution is 5.60. The zero-order valence-electron chi connectivity index (χ0n) is 19.1. The van der Waals surface area contributed by atoms with Gasteiger partial charge >= 0.3 is 0 Å². The smallest absolute Gasteiger partial charge is 0.137 e. The Kier molecular flexibility index (Phi) is 10.0. The maximum atomic E-state index is 11.7. The van der Waals surface area contributed by atoms with Crippen LogP contribution in [0.25, 0.3) is 6.08 Å².